The number of hydrogen-bond donors (Lipinski definition) is 1. The fraction of sp³-hybridized carbons (Fsp3) is 0. The molecule has 0 aliphatic heterocycles. The Hall–Kier alpha value is -0.0355. The van der Waals surface area contributed by atoms with Gasteiger partial charge in [-0.3, -0.25) is 7.32 Å². The van der Waals surface area contributed by atoms with Crippen LogP contribution in [0, 0.1) is 0 Å². The van der Waals surface area contributed by atoms with E-state index in [1.807, 2.05) is 0 Å². The van der Waals surface area contributed by atoms with E-state index in [1.165, 1.54) is 12.1 Å². The zero-order valence-electron chi connectivity index (χ0n) is 13.1. The van der Waals surface area contributed by atoms with Gasteiger partial charge in [0.2, 0.25) is 0 Å². The summed E-state index contributed by atoms with van der Waals surface area (Å²) in [4.78, 5) is 31.3. The molecule has 1 rings (SSSR count). The van der Waals surface area contributed by atoms with Gasteiger partial charge in [0.15, 0.2) is 0 Å². The number of carbonyl (C=O) groups excluding carboxylic acids is 2. The van der Waals surface area contributed by atoms with Crippen molar-refractivity contribution in [3.63, 3.8) is 0 Å². The van der Waals surface area contributed by atoms with Crippen LogP contribution in [0.15, 0.2) is 24.3 Å². The van der Waals surface area contributed by atoms with Crippen molar-refractivity contribution in [2.75, 3.05) is 0 Å². The number of para-hydroxylation sites is 1. The second-order valence-electron chi connectivity index (χ2n) is 2.77. The van der Waals surface area contributed by atoms with Gasteiger partial charge >= 0.3 is 87.4 Å². The van der Waals surface area contributed by atoms with E-state index in [9.17, 15) is 19.5 Å². The van der Waals surface area contributed by atoms with Crippen LogP contribution in [-0.2, 0) is 9.59 Å². The van der Waals surface area contributed by atoms with Gasteiger partial charge in [-0.05, 0) is 12.1 Å². The van der Waals surface area contributed by atoms with Crippen LogP contribution in [-0.4, -0.2) is 30.3 Å². The number of aromatic carboxylic acids is 1. The van der Waals surface area contributed by atoms with Gasteiger partial charge in [0.25, 0.3) is 0 Å². The van der Waals surface area contributed by atoms with Gasteiger partial charge in [-0.2, -0.15) is 0 Å². The van der Waals surface area contributed by atoms with E-state index >= 15 is 0 Å². The van der Waals surface area contributed by atoms with Gasteiger partial charge in [-0.1, -0.05) is 12.1 Å². The Bertz CT molecular complexity index is 483. The zero-order valence-corrected chi connectivity index (χ0v) is 13.1. The number of rotatable bonds is 2. The van der Waals surface area contributed by atoms with Gasteiger partial charge in [0.05, 0.1) is 5.97 Å². The van der Waals surface area contributed by atoms with Crippen molar-refractivity contribution >= 4 is 25.2 Å². The minimum absolute atomic E-state index is 0. The standard InChI is InChI=1S/C9H6O6.BO3.4Li/c10-7(11)5-3-1-2-4-6(5)15-9(14)8(12)13;2-1(3)4;;;;/h1-4H,(H,10,11)(H,12,13);;;;;/q;-3;4*+1/p-1. The molecule has 1 aromatic rings. The Labute approximate surface area is 179 Å². The first-order valence-corrected chi connectivity index (χ1v) is 4.48. The van der Waals surface area contributed by atoms with E-state index in [0.717, 1.165) is 12.1 Å². The number of benzene rings is 1. The number of esters is 1. The van der Waals surface area contributed by atoms with E-state index in [-0.39, 0.29) is 86.8 Å². The molecule has 0 amide bonds. The van der Waals surface area contributed by atoms with Crippen LogP contribution in [0.3, 0.4) is 0 Å². The number of carbonyl (C=O) groups is 3. The largest absolute Gasteiger partial charge is 1.00 e. The molecule has 1 N–H and O–H groups in total. The molecule has 0 atom stereocenters. The Balaban J connectivity index is -0.000000122. The average Bonchev–Trinajstić information content (AvgIpc) is 2.28. The van der Waals surface area contributed by atoms with Gasteiger partial charge in [0.1, 0.15) is 5.75 Å². The van der Waals surface area contributed by atoms with Crippen molar-refractivity contribution < 1.29 is 120 Å². The van der Waals surface area contributed by atoms with Crippen molar-refractivity contribution in [2.45, 2.75) is 0 Å². The number of carboxylic acids is 2. The van der Waals surface area contributed by atoms with Crippen LogP contribution in [0.1, 0.15) is 10.4 Å². The molecule has 0 heterocycles. The molecule has 0 spiro atoms. The minimum Gasteiger partial charge on any atom is -0.907 e. The Morgan fingerprint density at radius 1 is 0.957 bits per heavy atom. The maximum Gasteiger partial charge on any atom is 1.00 e. The summed E-state index contributed by atoms with van der Waals surface area (Å²) < 4.78 is 4.31. The molecule has 0 fully saturated rings. The summed E-state index contributed by atoms with van der Waals surface area (Å²) in [5.74, 6) is -5.26. The van der Waals surface area contributed by atoms with Crippen molar-refractivity contribution in [1.29, 1.82) is 0 Å². The SMILES string of the molecule is O=C(O)C(=O)Oc1ccccc1C(=O)[O-].[Li+].[Li+].[Li+].[Li+].[O-]B([O-])[O-]. The second-order valence-corrected chi connectivity index (χ2v) is 2.77. The molecule has 14 heteroatoms. The molecule has 0 saturated carbocycles. The third-order valence-electron chi connectivity index (χ3n) is 1.48. The predicted octanol–water partition coefficient (Wildman–Crippen LogP) is -16.9. The summed E-state index contributed by atoms with van der Waals surface area (Å²) in [6, 6.07) is 5.09. The molecule has 0 saturated heterocycles. The van der Waals surface area contributed by atoms with E-state index in [4.69, 9.17) is 20.2 Å². The number of aliphatic carboxylic acids is 1. The van der Waals surface area contributed by atoms with E-state index in [2.05, 4.69) is 4.74 Å². The zero-order chi connectivity index (χ0) is 15.0. The van der Waals surface area contributed by atoms with Crippen LogP contribution in [0.5, 0.6) is 5.75 Å². The quantitative estimate of drug-likeness (QED) is 0.240. The number of ether oxygens (including phenoxy) is 1. The third-order valence-corrected chi connectivity index (χ3v) is 1.48. The predicted molar refractivity (Wildman–Crippen MR) is 49.8 cm³/mol. The van der Waals surface area contributed by atoms with Gasteiger partial charge < -0.3 is 34.8 Å². The van der Waals surface area contributed by atoms with E-state index in [0.29, 0.717) is 0 Å². The minimum atomic E-state index is -2.92. The molecular weight excluding hydrogens is 291 g/mol. The van der Waals surface area contributed by atoms with Gasteiger partial charge in [0, 0.05) is 5.56 Å². The monoisotopic (exact) mass is 296 g/mol. The summed E-state index contributed by atoms with van der Waals surface area (Å²) in [6.07, 6.45) is 0. The molecule has 1 aromatic carbocycles. The molecule has 0 aliphatic carbocycles. The van der Waals surface area contributed by atoms with Crippen LogP contribution in [0.25, 0.3) is 0 Å². The smallest absolute Gasteiger partial charge is 0.907 e. The van der Waals surface area contributed by atoms with Gasteiger partial charge in [-0.15, -0.1) is 0 Å². The van der Waals surface area contributed by atoms with Crippen LogP contribution >= 0.6 is 0 Å². The first-order valence-electron chi connectivity index (χ1n) is 4.48. The molecule has 0 unspecified atom stereocenters. The summed E-state index contributed by atoms with van der Waals surface area (Å²) in [6.45, 7) is 0. The normalized spacial score (nSPS) is 7.26. The molecule has 23 heavy (non-hydrogen) atoms. The fourth-order valence-electron chi connectivity index (χ4n) is 0.868. The van der Waals surface area contributed by atoms with Crippen LogP contribution in [0.2, 0.25) is 0 Å². The number of carboxylic acid groups (broad SMARTS) is 2. The van der Waals surface area contributed by atoms with E-state index in [1.54, 1.807) is 0 Å². The third kappa shape index (κ3) is 16.6. The van der Waals surface area contributed by atoms with Crippen molar-refractivity contribution in [3.05, 3.63) is 29.8 Å². The molecule has 0 bridgehead atoms. The molecule has 9 nitrogen and oxygen atoms in total. The molecule has 102 valence electrons. The summed E-state index contributed by atoms with van der Waals surface area (Å²) in [5.41, 5.74) is -0.382. The Morgan fingerprint density at radius 3 is 1.70 bits per heavy atom. The van der Waals surface area contributed by atoms with Crippen molar-refractivity contribution in [2.24, 2.45) is 0 Å². The number of hydrogen-bond acceptors (Lipinski definition) is 8. The molecule has 0 aromatic heterocycles. The summed E-state index contributed by atoms with van der Waals surface area (Å²) in [7, 11) is -2.92. The molecule has 0 radical (unpaired) electrons. The summed E-state index contributed by atoms with van der Waals surface area (Å²) >= 11 is 0. The average molecular weight is 296 g/mol. The van der Waals surface area contributed by atoms with Crippen LogP contribution in [0.4, 0.5) is 0 Å². The van der Waals surface area contributed by atoms with Gasteiger partial charge in [-0.25, -0.2) is 9.59 Å². The first kappa shape index (κ1) is 34.3. The molecular formula is C9H5BLi4O9. The van der Waals surface area contributed by atoms with Crippen molar-refractivity contribution in [3.8, 4) is 5.75 Å². The Kier molecular flexibility index (Phi) is 27.3. The van der Waals surface area contributed by atoms with Crippen molar-refractivity contribution in [1.82, 2.24) is 0 Å². The Morgan fingerprint density at radius 2 is 1.35 bits per heavy atom. The first-order chi connectivity index (χ1) is 8.75. The van der Waals surface area contributed by atoms with E-state index < -0.39 is 25.2 Å². The van der Waals surface area contributed by atoms with Crippen LogP contribution < -0.4 is 100 Å². The summed E-state index contributed by atoms with van der Waals surface area (Å²) in [5, 5.41) is 44.0. The molecule has 0 aliphatic rings. The maximum atomic E-state index is 10.7. The maximum absolute atomic E-state index is 10.7. The fourth-order valence-corrected chi connectivity index (χ4v) is 0.868. The topological polar surface area (TPSA) is 173 Å². The second kappa shape index (κ2) is 18.3.